The predicted molar refractivity (Wildman–Crippen MR) is 65.6 cm³/mol. The van der Waals surface area contributed by atoms with Crippen molar-refractivity contribution < 1.29 is 13.2 Å². The van der Waals surface area contributed by atoms with Gasteiger partial charge in [0, 0.05) is 18.3 Å². The Morgan fingerprint density at radius 1 is 1.28 bits per heavy atom. The Morgan fingerprint density at radius 2 is 2.11 bits per heavy atom. The van der Waals surface area contributed by atoms with E-state index in [1.54, 1.807) is 6.07 Å². The van der Waals surface area contributed by atoms with Crippen molar-refractivity contribution in [3.05, 3.63) is 29.8 Å². The van der Waals surface area contributed by atoms with Crippen LogP contribution in [0.15, 0.2) is 24.3 Å². The van der Waals surface area contributed by atoms with Gasteiger partial charge in [0.25, 0.3) is 0 Å². The zero-order valence-corrected chi connectivity index (χ0v) is 10.1. The quantitative estimate of drug-likeness (QED) is 0.869. The Hall–Kier alpha value is -1.23. The molecule has 1 aliphatic heterocycles. The molecular weight excluding hydrogens is 241 g/mol. The number of benzene rings is 1. The summed E-state index contributed by atoms with van der Waals surface area (Å²) < 4.78 is 37.6. The maximum Gasteiger partial charge on any atom is 0.416 e. The van der Waals surface area contributed by atoms with Gasteiger partial charge in [-0.15, -0.1) is 0 Å². The highest BCUT2D eigenvalue weighted by Gasteiger charge is 2.30. The maximum atomic E-state index is 12.5. The molecule has 2 nitrogen and oxygen atoms in total. The van der Waals surface area contributed by atoms with Crippen LogP contribution in [0, 0.1) is 0 Å². The molecule has 1 aromatic carbocycles. The van der Waals surface area contributed by atoms with Crippen molar-refractivity contribution in [3.63, 3.8) is 0 Å². The molecule has 0 spiro atoms. The van der Waals surface area contributed by atoms with Crippen molar-refractivity contribution in [2.24, 2.45) is 0 Å². The lowest BCUT2D eigenvalue weighted by atomic mass is 10.0. The van der Waals surface area contributed by atoms with Gasteiger partial charge in [-0.05, 0) is 37.6 Å². The summed E-state index contributed by atoms with van der Waals surface area (Å²) in [5.74, 6) is 0. The Morgan fingerprint density at radius 3 is 2.78 bits per heavy atom. The van der Waals surface area contributed by atoms with Gasteiger partial charge in [-0.25, -0.2) is 0 Å². The first-order valence-corrected chi connectivity index (χ1v) is 6.20. The summed E-state index contributed by atoms with van der Waals surface area (Å²) >= 11 is 0. The molecule has 0 radical (unpaired) electrons. The van der Waals surface area contributed by atoms with Crippen molar-refractivity contribution in [1.29, 1.82) is 0 Å². The van der Waals surface area contributed by atoms with Crippen LogP contribution in [0.3, 0.4) is 0 Å². The van der Waals surface area contributed by atoms with Gasteiger partial charge in [-0.1, -0.05) is 12.5 Å². The van der Waals surface area contributed by atoms with Crippen LogP contribution in [-0.4, -0.2) is 19.1 Å². The minimum absolute atomic E-state index is 0.355. The van der Waals surface area contributed by atoms with Crippen molar-refractivity contribution in [2.45, 2.75) is 31.5 Å². The zero-order valence-electron chi connectivity index (χ0n) is 10.1. The molecule has 1 unspecified atom stereocenters. The molecule has 0 amide bonds. The topological polar surface area (TPSA) is 24.1 Å². The number of hydrogen-bond donors (Lipinski definition) is 2. The van der Waals surface area contributed by atoms with Crippen molar-refractivity contribution in [1.82, 2.24) is 5.32 Å². The minimum atomic E-state index is -4.28. The highest BCUT2D eigenvalue weighted by atomic mass is 19.4. The number of alkyl halides is 3. The Labute approximate surface area is 105 Å². The summed E-state index contributed by atoms with van der Waals surface area (Å²) in [6.45, 7) is 1.66. The normalized spacial score (nSPS) is 20.7. The molecular formula is C13H17F3N2. The molecule has 0 aliphatic carbocycles. The first-order valence-electron chi connectivity index (χ1n) is 6.20. The summed E-state index contributed by atoms with van der Waals surface area (Å²) in [5.41, 5.74) is -0.0821. The highest BCUT2D eigenvalue weighted by molar-refractivity contribution is 5.46. The fourth-order valence-electron chi connectivity index (χ4n) is 2.14. The average molecular weight is 258 g/mol. The lowest BCUT2D eigenvalue weighted by Gasteiger charge is -2.24. The molecule has 1 heterocycles. The van der Waals surface area contributed by atoms with Crippen LogP contribution in [-0.2, 0) is 6.18 Å². The fourth-order valence-corrected chi connectivity index (χ4v) is 2.14. The van der Waals surface area contributed by atoms with Crippen LogP contribution < -0.4 is 10.6 Å². The molecule has 2 rings (SSSR count). The number of anilines is 1. The molecule has 1 aromatic rings. The molecule has 2 N–H and O–H groups in total. The second-order valence-electron chi connectivity index (χ2n) is 4.61. The van der Waals surface area contributed by atoms with E-state index in [9.17, 15) is 13.2 Å². The summed E-state index contributed by atoms with van der Waals surface area (Å²) in [6.07, 6.45) is -0.839. The predicted octanol–water partition coefficient (Wildman–Crippen LogP) is 3.26. The molecule has 1 fully saturated rings. The van der Waals surface area contributed by atoms with Gasteiger partial charge < -0.3 is 10.6 Å². The SMILES string of the molecule is FC(F)(F)c1cccc(NCC2CCCCN2)c1. The van der Waals surface area contributed by atoms with E-state index in [4.69, 9.17) is 0 Å². The van der Waals surface area contributed by atoms with Crippen LogP contribution in [0.4, 0.5) is 18.9 Å². The van der Waals surface area contributed by atoms with E-state index in [2.05, 4.69) is 10.6 Å². The summed E-state index contributed by atoms with van der Waals surface area (Å²) in [7, 11) is 0. The summed E-state index contributed by atoms with van der Waals surface area (Å²) in [6, 6.07) is 5.69. The monoisotopic (exact) mass is 258 g/mol. The minimum Gasteiger partial charge on any atom is -0.383 e. The molecule has 100 valence electrons. The molecule has 1 saturated heterocycles. The molecule has 0 aromatic heterocycles. The van der Waals surface area contributed by atoms with E-state index in [-0.39, 0.29) is 0 Å². The Balaban J connectivity index is 1.92. The van der Waals surface area contributed by atoms with Crippen LogP contribution in [0.25, 0.3) is 0 Å². The van der Waals surface area contributed by atoms with E-state index < -0.39 is 11.7 Å². The van der Waals surface area contributed by atoms with E-state index >= 15 is 0 Å². The van der Waals surface area contributed by atoms with Gasteiger partial charge in [0.15, 0.2) is 0 Å². The number of halogens is 3. The second kappa shape index (κ2) is 5.61. The third-order valence-electron chi connectivity index (χ3n) is 3.15. The fraction of sp³-hybridized carbons (Fsp3) is 0.538. The van der Waals surface area contributed by atoms with Gasteiger partial charge in [0.05, 0.1) is 5.56 Å². The number of piperidine rings is 1. The maximum absolute atomic E-state index is 12.5. The molecule has 18 heavy (non-hydrogen) atoms. The van der Waals surface area contributed by atoms with Gasteiger partial charge in [-0.3, -0.25) is 0 Å². The zero-order chi connectivity index (χ0) is 13.0. The van der Waals surface area contributed by atoms with E-state index in [0.717, 1.165) is 25.1 Å². The average Bonchev–Trinajstić information content (AvgIpc) is 2.37. The number of rotatable bonds is 3. The Kier molecular flexibility index (Phi) is 4.11. The first-order chi connectivity index (χ1) is 8.55. The smallest absolute Gasteiger partial charge is 0.383 e. The largest absolute Gasteiger partial charge is 0.416 e. The summed E-state index contributed by atoms with van der Waals surface area (Å²) in [5, 5.41) is 6.41. The molecule has 0 saturated carbocycles. The van der Waals surface area contributed by atoms with Crippen molar-refractivity contribution >= 4 is 5.69 Å². The second-order valence-corrected chi connectivity index (χ2v) is 4.61. The molecule has 0 bridgehead atoms. The summed E-state index contributed by atoms with van der Waals surface area (Å²) in [4.78, 5) is 0. The van der Waals surface area contributed by atoms with Gasteiger partial charge in [0.2, 0.25) is 0 Å². The standard InChI is InChI=1S/C13H17F3N2/c14-13(15,16)10-4-3-6-11(8-10)18-9-12-5-1-2-7-17-12/h3-4,6,8,12,17-18H,1-2,5,7,9H2. The van der Waals surface area contributed by atoms with E-state index in [0.29, 0.717) is 18.3 Å². The van der Waals surface area contributed by atoms with Crippen LogP contribution in [0.1, 0.15) is 24.8 Å². The van der Waals surface area contributed by atoms with Crippen LogP contribution in [0.5, 0.6) is 0 Å². The number of hydrogen-bond acceptors (Lipinski definition) is 2. The first kappa shape index (κ1) is 13.2. The highest BCUT2D eigenvalue weighted by Crippen LogP contribution is 2.30. The lowest BCUT2D eigenvalue weighted by Crippen LogP contribution is -2.39. The molecule has 1 aliphatic rings. The van der Waals surface area contributed by atoms with Gasteiger partial charge in [-0.2, -0.15) is 13.2 Å². The molecule has 5 heteroatoms. The lowest BCUT2D eigenvalue weighted by molar-refractivity contribution is -0.137. The van der Waals surface area contributed by atoms with Gasteiger partial charge in [0.1, 0.15) is 0 Å². The number of nitrogens with one attached hydrogen (secondary N) is 2. The van der Waals surface area contributed by atoms with E-state index in [1.807, 2.05) is 0 Å². The third kappa shape index (κ3) is 3.63. The Bertz CT molecular complexity index is 384. The van der Waals surface area contributed by atoms with E-state index in [1.165, 1.54) is 18.9 Å². The van der Waals surface area contributed by atoms with Crippen molar-refractivity contribution in [3.8, 4) is 0 Å². The van der Waals surface area contributed by atoms with Crippen LogP contribution in [0.2, 0.25) is 0 Å². The third-order valence-corrected chi connectivity index (χ3v) is 3.15. The molecule has 1 atom stereocenters. The van der Waals surface area contributed by atoms with Crippen molar-refractivity contribution in [2.75, 3.05) is 18.4 Å². The van der Waals surface area contributed by atoms with Crippen LogP contribution >= 0.6 is 0 Å². The van der Waals surface area contributed by atoms with Gasteiger partial charge >= 0.3 is 6.18 Å².